The maximum absolute atomic E-state index is 12.6. The van der Waals surface area contributed by atoms with E-state index in [0.29, 0.717) is 38.5 Å². The lowest BCUT2D eigenvalue weighted by atomic mass is 10.1. The maximum atomic E-state index is 12.6. The fourth-order valence-electron chi connectivity index (χ4n) is 3.29. The Morgan fingerprint density at radius 1 is 1.23 bits per heavy atom. The molecule has 3 heterocycles. The number of anilines is 1. The maximum Gasteiger partial charge on any atom is 0.225 e. The lowest BCUT2D eigenvalue weighted by Crippen LogP contribution is -2.50. The summed E-state index contributed by atoms with van der Waals surface area (Å²) < 4.78 is 0. The van der Waals surface area contributed by atoms with Crippen molar-refractivity contribution in [2.75, 3.05) is 50.7 Å². The highest BCUT2D eigenvalue weighted by Gasteiger charge is 2.22. The Morgan fingerprint density at radius 2 is 1.97 bits per heavy atom. The van der Waals surface area contributed by atoms with Crippen molar-refractivity contribution < 1.29 is 4.79 Å². The number of aromatic nitrogens is 2. The van der Waals surface area contributed by atoms with Gasteiger partial charge in [-0.2, -0.15) is 11.3 Å². The summed E-state index contributed by atoms with van der Waals surface area (Å²) in [6.45, 7) is 9.20. The van der Waals surface area contributed by atoms with Crippen LogP contribution < -0.4 is 15.5 Å². The number of nitrogens with one attached hydrogen (secondary N) is 2. The first-order valence-corrected chi connectivity index (χ1v) is 11.5. The molecule has 2 aromatic rings. The third-order valence-corrected chi connectivity index (χ3v) is 5.78. The molecule has 1 aliphatic heterocycles. The number of aliphatic imine (C=N–C) groups is 1. The second kappa shape index (κ2) is 13.5. The van der Waals surface area contributed by atoms with E-state index in [1.165, 1.54) is 5.56 Å². The lowest BCUT2D eigenvalue weighted by Gasteiger charge is -2.34. The van der Waals surface area contributed by atoms with Gasteiger partial charge >= 0.3 is 0 Å². The summed E-state index contributed by atoms with van der Waals surface area (Å²) in [5.41, 5.74) is 1.31. The molecule has 31 heavy (non-hydrogen) atoms. The van der Waals surface area contributed by atoms with Gasteiger partial charge in [-0.05, 0) is 35.4 Å². The second-order valence-corrected chi connectivity index (χ2v) is 8.05. The summed E-state index contributed by atoms with van der Waals surface area (Å²) in [5.74, 6) is 2.03. The Morgan fingerprint density at radius 3 is 2.61 bits per heavy atom. The lowest BCUT2D eigenvalue weighted by molar-refractivity contribution is -0.131. The topological polar surface area (TPSA) is 85.8 Å². The molecule has 170 valence electrons. The third kappa shape index (κ3) is 7.91. The second-order valence-electron chi connectivity index (χ2n) is 7.27. The van der Waals surface area contributed by atoms with Crippen molar-refractivity contribution in [3.05, 3.63) is 40.8 Å². The van der Waals surface area contributed by atoms with E-state index >= 15 is 0 Å². The Kier molecular flexibility index (Phi) is 11.0. The molecule has 1 fully saturated rings. The van der Waals surface area contributed by atoms with Gasteiger partial charge in [0, 0.05) is 70.5 Å². The molecule has 2 N–H and O–H groups in total. The standard InChI is InChI=1S/C21H31N7OS.HI/c1-3-22-20(26-15-17(2)18-6-14-30-16-18)23-9-5-19(29)27-10-12-28(13-11-27)21-24-7-4-8-25-21;/h4,6-8,14,16-17H,3,5,9-13,15H2,1-2H3,(H2,22,23,26);1H. The van der Waals surface area contributed by atoms with Gasteiger partial charge in [-0.1, -0.05) is 6.92 Å². The molecule has 10 heteroatoms. The number of piperazine rings is 1. The van der Waals surface area contributed by atoms with E-state index in [1.807, 2.05) is 17.9 Å². The Hall–Kier alpha value is -1.95. The van der Waals surface area contributed by atoms with Crippen LogP contribution in [0, 0.1) is 0 Å². The minimum Gasteiger partial charge on any atom is -0.357 e. The van der Waals surface area contributed by atoms with Crippen LogP contribution >= 0.6 is 35.3 Å². The zero-order valence-corrected chi connectivity index (χ0v) is 21.3. The predicted octanol–water partition coefficient (Wildman–Crippen LogP) is 2.55. The Balaban J connectivity index is 0.00000341. The molecule has 1 unspecified atom stereocenters. The van der Waals surface area contributed by atoms with Crippen molar-refractivity contribution >= 4 is 53.1 Å². The number of guanidine groups is 1. The Labute approximate surface area is 205 Å². The van der Waals surface area contributed by atoms with Gasteiger partial charge in [-0.25, -0.2) is 9.97 Å². The van der Waals surface area contributed by atoms with Gasteiger partial charge in [0.2, 0.25) is 11.9 Å². The van der Waals surface area contributed by atoms with Crippen molar-refractivity contribution in [3.63, 3.8) is 0 Å². The molecule has 8 nitrogen and oxygen atoms in total. The van der Waals surface area contributed by atoms with Crippen molar-refractivity contribution in [1.82, 2.24) is 25.5 Å². The predicted molar refractivity (Wildman–Crippen MR) is 138 cm³/mol. The quantitative estimate of drug-likeness (QED) is 0.295. The third-order valence-electron chi connectivity index (χ3n) is 5.08. The number of thiophene rings is 1. The van der Waals surface area contributed by atoms with Gasteiger partial charge < -0.3 is 20.4 Å². The molecule has 1 aliphatic rings. The number of carbonyl (C=O) groups is 1. The van der Waals surface area contributed by atoms with Crippen LogP contribution in [-0.2, 0) is 4.79 Å². The number of rotatable bonds is 8. The molecule has 0 bridgehead atoms. The normalized spacial score (nSPS) is 15.2. The number of amides is 1. The van der Waals surface area contributed by atoms with Crippen molar-refractivity contribution in [2.24, 2.45) is 4.99 Å². The largest absolute Gasteiger partial charge is 0.357 e. The molecule has 1 amide bonds. The molecule has 0 saturated carbocycles. The van der Waals surface area contributed by atoms with Crippen LogP contribution in [-0.4, -0.2) is 72.5 Å². The highest BCUT2D eigenvalue weighted by atomic mass is 127. The van der Waals surface area contributed by atoms with Crippen LogP contribution in [0.5, 0.6) is 0 Å². The van der Waals surface area contributed by atoms with Gasteiger partial charge in [-0.15, -0.1) is 24.0 Å². The van der Waals surface area contributed by atoms with E-state index in [1.54, 1.807) is 23.7 Å². The smallest absolute Gasteiger partial charge is 0.225 e. The Bertz CT molecular complexity index is 795. The van der Waals surface area contributed by atoms with E-state index in [-0.39, 0.29) is 29.9 Å². The van der Waals surface area contributed by atoms with Gasteiger partial charge in [-0.3, -0.25) is 9.79 Å². The highest BCUT2D eigenvalue weighted by Crippen LogP contribution is 2.18. The van der Waals surface area contributed by atoms with E-state index < -0.39 is 0 Å². The molecule has 0 radical (unpaired) electrons. The number of hydrogen-bond donors (Lipinski definition) is 2. The molecule has 1 atom stereocenters. The summed E-state index contributed by atoms with van der Waals surface area (Å²) in [6.07, 6.45) is 3.94. The molecular formula is C21H32IN7OS. The van der Waals surface area contributed by atoms with E-state index in [4.69, 9.17) is 0 Å². The van der Waals surface area contributed by atoms with E-state index in [0.717, 1.165) is 31.5 Å². The first-order chi connectivity index (χ1) is 14.7. The minimum atomic E-state index is 0. The summed E-state index contributed by atoms with van der Waals surface area (Å²) >= 11 is 1.71. The average molecular weight is 558 g/mol. The molecule has 2 aromatic heterocycles. The molecule has 0 aliphatic carbocycles. The van der Waals surface area contributed by atoms with Crippen LogP contribution in [0.2, 0.25) is 0 Å². The van der Waals surface area contributed by atoms with Gasteiger partial charge in [0.25, 0.3) is 0 Å². The van der Waals surface area contributed by atoms with Crippen molar-refractivity contribution in [2.45, 2.75) is 26.2 Å². The van der Waals surface area contributed by atoms with Gasteiger partial charge in [0.15, 0.2) is 5.96 Å². The zero-order chi connectivity index (χ0) is 21.2. The first kappa shape index (κ1) is 25.3. The zero-order valence-electron chi connectivity index (χ0n) is 18.2. The van der Waals surface area contributed by atoms with Crippen LogP contribution in [0.3, 0.4) is 0 Å². The summed E-state index contributed by atoms with van der Waals surface area (Å²) in [4.78, 5) is 29.9. The summed E-state index contributed by atoms with van der Waals surface area (Å²) in [5, 5.41) is 10.8. The molecule has 0 aromatic carbocycles. The number of carbonyl (C=O) groups excluding carboxylic acids is 1. The monoisotopic (exact) mass is 557 g/mol. The van der Waals surface area contributed by atoms with Crippen LogP contribution in [0.15, 0.2) is 40.3 Å². The fourth-order valence-corrected chi connectivity index (χ4v) is 4.07. The molecular weight excluding hydrogens is 525 g/mol. The highest BCUT2D eigenvalue weighted by molar-refractivity contribution is 14.0. The fraction of sp³-hybridized carbons (Fsp3) is 0.524. The van der Waals surface area contributed by atoms with Crippen molar-refractivity contribution in [1.29, 1.82) is 0 Å². The molecule has 1 saturated heterocycles. The number of hydrogen-bond acceptors (Lipinski definition) is 6. The van der Waals surface area contributed by atoms with Crippen molar-refractivity contribution in [3.8, 4) is 0 Å². The summed E-state index contributed by atoms with van der Waals surface area (Å²) in [6, 6.07) is 3.96. The first-order valence-electron chi connectivity index (χ1n) is 10.5. The van der Waals surface area contributed by atoms with Gasteiger partial charge in [0.1, 0.15) is 0 Å². The van der Waals surface area contributed by atoms with E-state index in [9.17, 15) is 4.79 Å². The SMILES string of the molecule is CCNC(=NCC(C)c1ccsc1)NCCC(=O)N1CCN(c2ncccn2)CC1.I. The van der Waals surface area contributed by atoms with E-state index in [2.05, 4.69) is 54.2 Å². The van der Waals surface area contributed by atoms with Crippen LogP contribution in [0.25, 0.3) is 0 Å². The summed E-state index contributed by atoms with van der Waals surface area (Å²) in [7, 11) is 0. The number of nitrogens with zero attached hydrogens (tertiary/aromatic N) is 5. The average Bonchev–Trinajstić information content (AvgIpc) is 3.33. The van der Waals surface area contributed by atoms with Crippen LogP contribution in [0.4, 0.5) is 5.95 Å². The minimum absolute atomic E-state index is 0. The molecule has 3 rings (SSSR count). The van der Waals surface area contributed by atoms with Crippen LogP contribution in [0.1, 0.15) is 31.7 Å². The molecule has 0 spiro atoms. The number of halogens is 1. The van der Waals surface area contributed by atoms with Gasteiger partial charge in [0.05, 0.1) is 0 Å².